The van der Waals surface area contributed by atoms with Crippen LogP contribution in [0.25, 0.3) is 10.9 Å². The molecule has 0 spiro atoms. The monoisotopic (exact) mass is 241 g/mol. The van der Waals surface area contributed by atoms with E-state index in [-0.39, 0.29) is 0 Å². The molecule has 1 aromatic heterocycles. The van der Waals surface area contributed by atoms with E-state index in [4.69, 9.17) is 23.2 Å². The lowest BCUT2D eigenvalue weighted by atomic mass is 10.0. The van der Waals surface area contributed by atoms with E-state index < -0.39 is 0 Å². The van der Waals surface area contributed by atoms with Crippen molar-refractivity contribution in [3.8, 4) is 0 Å². The van der Waals surface area contributed by atoms with Crippen LogP contribution in [0.5, 0.6) is 0 Å². The molecule has 0 aliphatic heterocycles. The van der Waals surface area contributed by atoms with Gasteiger partial charge in [-0.05, 0) is 30.0 Å². The summed E-state index contributed by atoms with van der Waals surface area (Å²) in [7, 11) is 0. The summed E-state index contributed by atoms with van der Waals surface area (Å²) in [5, 5.41) is 2.40. The molecule has 80 valence electrons. The van der Waals surface area contributed by atoms with Gasteiger partial charge in [0.05, 0.1) is 10.0 Å². The van der Waals surface area contributed by atoms with Crippen molar-refractivity contribution >= 4 is 34.1 Å². The van der Waals surface area contributed by atoms with Crippen molar-refractivity contribution in [2.45, 2.75) is 20.3 Å². The van der Waals surface area contributed by atoms with Crippen LogP contribution in [0.2, 0.25) is 10.0 Å². The van der Waals surface area contributed by atoms with Gasteiger partial charge in [0.2, 0.25) is 0 Å². The second kappa shape index (κ2) is 4.07. The molecule has 3 heteroatoms. The molecule has 0 saturated carbocycles. The SMILES string of the molecule is CC(C)Cc1c[nH]c2cc(Cl)c(Cl)cc12. The maximum Gasteiger partial charge on any atom is 0.0613 e. The Balaban J connectivity index is 2.54. The van der Waals surface area contributed by atoms with E-state index in [1.54, 1.807) is 0 Å². The summed E-state index contributed by atoms with van der Waals surface area (Å²) in [5.41, 5.74) is 2.36. The Morgan fingerprint density at radius 1 is 1.20 bits per heavy atom. The molecular weight excluding hydrogens is 229 g/mol. The van der Waals surface area contributed by atoms with E-state index in [0.29, 0.717) is 16.0 Å². The fraction of sp³-hybridized carbons (Fsp3) is 0.333. The Hall–Kier alpha value is -0.660. The van der Waals surface area contributed by atoms with E-state index in [9.17, 15) is 0 Å². The van der Waals surface area contributed by atoms with E-state index in [0.717, 1.165) is 11.9 Å². The molecule has 0 amide bonds. The first-order valence-corrected chi connectivity index (χ1v) is 5.78. The molecular formula is C12H13Cl2N. The Kier molecular flexibility index (Phi) is 2.94. The number of hydrogen-bond donors (Lipinski definition) is 1. The number of fused-ring (bicyclic) bond motifs is 1. The lowest BCUT2D eigenvalue weighted by Gasteiger charge is -2.03. The number of rotatable bonds is 2. The van der Waals surface area contributed by atoms with Crippen LogP contribution in [-0.4, -0.2) is 4.98 Å². The van der Waals surface area contributed by atoms with Crippen molar-refractivity contribution in [3.63, 3.8) is 0 Å². The minimum absolute atomic E-state index is 0.599. The number of H-pyrrole nitrogens is 1. The zero-order valence-corrected chi connectivity index (χ0v) is 10.3. The minimum Gasteiger partial charge on any atom is -0.361 e. The molecule has 0 atom stereocenters. The molecule has 1 N–H and O–H groups in total. The fourth-order valence-corrected chi connectivity index (χ4v) is 2.11. The predicted molar refractivity (Wildman–Crippen MR) is 66.9 cm³/mol. The van der Waals surface area contributed by atoms with Crippen LogP contribution >= 0.6 is 23.2 Å². The molecule has 1 heterocycles. The molecule has 0 aliphatic carbocycles. The summed E-state index contributed by atoms with van der Waals surface area (Å²) in [4.78, 5) is 3.22. The summed E-state index contributed by atoms with van der Waals surface area (Å²) >= 11 is 12.0. The Morgan fingerprint density at radius 3 is 2.53 bits per heavy atom. The summed E-state index contributed by atoms with van der Waals surface area (Å²) < 4.78 is 0. The van der Waals surface area contributed by atoms with E-state index in [1.165, 1.54) is 10.9 Å². The number of aromatic nitrogens is 1. The highest BCUT2D eigenvalue weighted by atomic mass is 35.5. The first-order valence-electron chi connectivity index (χ1n) is 5.03. The number of benzene rings is 1. The second-order valence-corrected chi connectivity index (χ2v) is 5.04. The number of nitrogens with one attached hydrogen (secondary N) is 1. The fourth-order valence-electron chi connectivity index (χ4n) is 1.78. The molecule has 2 aromatic rings. The number of hydrogen-bond acceptors (Lipinski definition) is 0. The van der Waals surface area contributed by atoms with Crippen molar-refractivity contribution in [1.29, 1.82) is 0 Å². The molecule has 0 aliphatic rings. The molecule has 15 heavy (non-hydrogen) atoms. The maximum atomic E-state index is 6.01. The third-order valence-electron chi connectivity index (χ3n) is 2.44. The van der Waals surface area contributed by atoms with Crippen molar-refractivity contribution in [2.75, 3.05) is 0 Å². The van der Waals surface area contributed by atoms with Gasteiger partial charge in [-0.3, -0.25) is 0 Å². The van der Waals surface area contributed by atoms with Gasteiger partial charge in [-0.1, -0.05) is 37.0 Å². The molecule has 0 saturated heterocycles. The lowest BCUT2D eigenvalue weighted by molar-refractivity contribution is 0.650. The van der Waals surface area contributed by atoms with Crippen LogP contribution in [0.3, 0.4) is 0 Å². The third-order valence-corrected chi connectivity index (χ3v) is 3.16. The van der Waals surface area contributed by atoms with E-state index in [1.807, 2.05) is 18.3 Å². The van der Waals surface area contributed by atoms with E-state index in [2.05, 4.69) is 18.8 Å². The summed E-state index contributed by atoms with van der Waals surface area (Å²) in [6, 6.07) is 3.82. The highest BCUT2D eigenvalue weighted by Crippen LogP contribution is 2.30. The van der Waals surface area contributed by atoms with Crippen LogP contribution < -0.4 is 0 Å². The quantitative estimate of drug-likeness (QED) is 0.787. The number of aromatic amines is 1. The van der Waals surface area contributed by atoms with Gasteiger partial charge < -0.3 is 4.98 Å². The van der Waals surface area contributed by atoms with Crippen LogP contribution in [0, 0.1) is 5.92 Å². The molecule has 1 aromatic carbocycles. The van der Waals surface area contributed by atoms with Gasteiger partial charge >= 0.3 is 0 Å². The largest absolute Gasteiger partial charge is 0.361 e. The molecule has 0 unspecified atom stereocenters. The van der Waals surface area contributed by atoms with Gasteiger partial charge in [0.15, 0.2) is 0 Å². The molecule has 1 nitrogen and oxygen atoms in total. The van der Waals surface area contributed by atoms with Crippen LogP contribution in [0.1, 0.15) is 19.4 Å². The van der Waals surface area contributed by atoms with Crippen molar-refractivity contribution in [2.24, 2.45) is 5.92 Å². The summed E-state index contributed by atoms with van der Waals surface area (Å²) in [6.07, 6.45) is 3.09. The molecule has 0 fully saturated rings. The lowest BCUT2D eigenvalue weighted by Crippen LogP contribution is -1.92. The van der Waals surface area contributed by atoms with Crippen LogP contribution in [0.4, 0.5) is 0 Å². The summed E-state index contributed by atoms with van der Waals surface area (Å²) in [5.74, 6) is 0.637. The Labute approximate surface area is 99.4 Å². The van der Waals surface area contributed by atoms with Crippen molar-refractivity contribution in [3.05, 3.63) is 33.9 Å². The highest BCUT2D eigenvalue weighted by Gasteiger charge is 2.08. The average molecular weight is 242 g/mol. The Bertz CT molecular complexity index is 486. The normalized spacial score (nSPS) is 11.5. The van der Waals surface area contributed by atoms with Crippen LogP contribution in [0.15, 0.2) is 18.3 Å². The van der Waals surface area contributed by atoms with Gasteiger partial charge in [0.1, 0.15) is 0 Å². The molecule has 0 bridgehead atoms. The molecule has 2 rings (SSSR count). The van der Waals surface area contributed by atoms with Crippen LogP contribution in [-0.2, 0) is 6.42 Å². The highest BCUT2D eigenvalue weighted by molar-refractivity contribution is 6.42. The third kappa shape index (κ3) is 2.14. The van der Waals surface area contributed by atoms with E-state index >= 15 is 0 Å². The first kappa shape index (κ1) is 10.8. The number of halogens is 2. The average Bonchev–Trinajstić information content (AvgIpc) is 2.49. The van der Waals surface area contributed by atoms with Crippen molar-refractivity contribution in [1.82, 2.24) is 4.98 Å². The second-order valence-electron chi connectivity index (χ2n) is 4.22. The maximum absolute atomic E-state index is 6.01. The predicted octanol–water partition coefficient (Wildman–Crippen LogP) is 4.67. The topological polar surface area (TPSA) is 15.8 Å². The minimum atomic E-state index is 0.599. The molecule has 0 radical (unpaired) electrons. The van der Waals surface area contributed by atoms with Gasteiger partial charge in [-0.25, -0.2) is 0 Å². The van der Waals surface area contributed by atoms with Gasteiger partial charge in [0, 0.05) is 17.1 Å². The first-order chi connectivity index (χ1) is 7.08. The zero-order valence-electron chi connectivity index (χ0n) is 8.77. The zero-order chi connectivity index (χ0) is 11.0. The van der Waals surface area contributed by atoms with Gasteiger partial charge in [0.25, 0.3) is 0 Å². The van der Waals surface area contributed by atoms with Gasteiger partial charge in [-0.15, -0.1) is 0 Å². The Morgan fingerprint density at radius 2 is 1.87 bits per heavy atom. The standard InChI is InChI=1S/C12H13Cl2N/c1-7(2)3-8-6-15-12-5-11(14)10(13)4-9(8)12/h4-7,15H,3H2,1-2H3. The smallest absolute Gasteiger partial charge is 0.0613 e. The summed E-state index contributed by atoms with van der Waals surface area (Å²) in [6.45, 7) is 4.41. The van der Waals surface area contributed by atoms with Crippen molar-refractivity contribution < 1.29 is 0 Å². The van der Waals surface area contributed by atoms with Gasteiger partial charge in [-0.2, -0.15) is 0 Å².